The third-order valence-corrected chi connectivity index (χ3v) is 6.14. The first-order chi connectivity index (χ1) is 9.19. The highest BCUT2D eigenvalue weighted by Crippen LogP contribution is 2.42. The number of likely N-dealkylation sites (N-methyl/N-ethyl adjacent to an activating group) is 1. The Labute approximate surface area is 119 Å². The molecule has 2 bridgehead atoms. The summed E-state index contributed by atoms with van der Waals surface area (Å²) < 4.78 is 0. The van der Waals surface area contributed by atoms with Gasteiger partial charge in [-0.25, -0.2) is 0 Å². The molecule has 3 rings (SSSR count). The molecule has 2 nitrogen and oxygen atoms in total. The van der Waals surface area contributed by atoms with E-state index in [9.17, 15) is 0 Å². The van der Waals surface area contributed by atoms with Crippen molar-refractivity contribution >= 4 is 0 Å². The molecule has 1 saturated heterocycles. The summed E-state index contributed by atoms with van der Waals surface area (Å²) in [6.45, 7) is 9.65. The third-order valence-electron chi connectivity index (χ3n) is 6.14. The van der Waals surface area contributed by atoms with Crippen LogP contribution in [0.15, 0.2) is 0 Å². The molecule has 1 aliphatic heterocycles. The molecule has 2 aliphatic carbocycles. The van der Waals surface area contributed by atoms with Gasteiger partial charge in [0.1, 0.15) is 0 Å². The zero-order valence-electron chi connectivity index (χ0n) is 13.1. The minimum absolute atomic E-state index is 0.763. The highest BCUT2D eigenvalue weighted by molar-refractivity contribution is 5.00. The molecule has 0 spiro atoms. The van der Waals surface area contributed by atoms with Gasteiger partial charge in [0.2, 0.25) is 0 Å². The van der Waals surface area contributed by atoms with E-state index in [1.807, 2.05) is 0 Å². The van der Waals surface area contributed by atoms with Crippen molar-refractivity contribution < 1.29 is 0 Å². The summed E-state index contributed by atoms with van der Waals surface area (Å²) in [6, 6.07) is 2.53. The van der Waals surface area contributed by atoms with Crippen molar-refractivity contribution in [3.8, 4) is 0 Å². The number of piperidine rings is 1. The van der Waals surface area contributed by atoms with Crippen molar-refractivity contribution in [2.75, 3.05) is 13.1 Å². The molecule has 3 fully saturated rings. The quantitative estimate of drug-likeness (QED) is 0.838. The lowest BCUT2D eigenvalue weighted by Gasteiger charge is -2.45. The Balaban J connectivity index is 1.70. The Bertz CT molecular complexity index is 302. The minimum atomic E-state index is 0.763. The standard InChI is InChI=1S/C17H32N2/c1-4-18-16-8-6-14(12(2)3)10-17(16)19-11-13-5-7-15(19)9-13/h12-18H,4-11H2,1-3H3. The average Bonchev–Trinajstić information content (AvgIpc) is 3.01. The van der Waals surface area contributed by atoms with E-state index in [-0.39, 0.29) is 0 Å². The molecule has 0 aromatic heterocycles. The molecule has 1 N–H and O–H groups in total. The summed E-state index contributed by atoms with van der Waals surface area (Å²) in [5.74, 6) is 2.86. The second-order valence-electron chi connectivity index (χ2n) is 7.58. The smallest absolute Gasteiger partial charge is 0.0255 e. The molecular formula is C17H32N2. The topological polar surface area (TPSA) is 15.3 Å². The normalized spacial score (nSPS) is 43.3. The van der Waals surface area contributed by atoms with Crippen molar-refractivity contribution in [2.45, 2.75) is 77.4 Å². The molecule has 19 heavy (non-hydrogen) atoms. The van der Waals surface area contributed by atoms with Crippen LogP contribution in [-0.4, -0.2) is 36.1 Å². The van der Waals surface area contributed by atoms with E-state index in [0.717, 1.165) is 42.4 Å². The maximum Gasteiger partial charge on any atom is 0.0255 e. The summed E-state index contributed by atoms with van der Waals surface area (Å²) in [5, 5.41) is 3.79. The van der Waals surface area contributed by atoms with Gasteiger partial charge < -0.3 is 5.32 Å². The van der Waals surface area contributed by atoms with Gasteiger partial charge in [-0.3, -0.25) is 4.90 Å². The van der Waals surface area contributed by atoms with E-state index in [1.165, 1.54) is 45.1 Å². The van der Waals surface area contributed by atoms with Crippen LogP contribution in [0.1, 0.15) is 59.3 Å². The average molecular weight is 264 g/mol. The number of likely N-dealkylation sites (tertiary alicyclic amines) is 1. The fourth-order valence-electron chi connectivity index (χ4n) is 5.02. The Hall–Kier alpha value is -0.0800. The van der Waals surface area contributed by atoms with Gasteiger partial charge in [-0.2, -0.15) is 0 Å². The van der Waals surface area contributed by atoms with Crippen LogP contribution in [0.2, 0.25) is 0 Å². The van der Waals surface area contributed by atoms with Crippen LogP contribution < -0.4 is 5.32 Å². The van der Waals surface area contributed by atoms with Crippen molar-refractivity contribution in [3.05, 3.63) is 0 Å². The lowest BCUT2D eigenvalue weighted by atomic mass is 9.76. The highest BCUT2D eigenvalue weighted by Gasteiger charge is 2.44. The predicted octanol–water partition coefficient (Wildman–Crippen LogP) is 3.27. The first-order valence-electron chi connectivity index (χ1n) is 8.68. The summed E-state index contributed by atoms with van der Waals surface area (Å²) in [4.78, 5) is 2.91. The number of hydrogen-bond acceptors (Lipinski definition) is 2. The van der Waals surface area contributed by atoms with Gasteiger partial charge in [0.15, 0.2) is 0 Å². The first-order valence-corrected chi connectivity index (χ1v) is 8.68. The molecule has 0 amide bonds. The van der Waals surface area contributed by atoms with E-state index >= 15 is 0 Å². The largest absolute Gasteiger partial charge is 0.313 e. The van der Waals surface area contributed by atoms with Crippen molar-refractivity contribution in [3.63, 3.8) is 0 Å². The number of rotatable bonds is 4. The molecular weight excluding hydrogens is 232 g/mol. The highest BCUT2D eigenvalue weighted by atomic mass is 15.2. The van der Waals surface area contributed by atoms with Crippen LogP contribution in [-0.2, 0) is 0 Å². The second-order valence-corrected chi connectivity index (χ2v) is 7.58. The van der Waals surface area contributed by atoms with Gasteiger partial charge in [-0.1, -0.05) is 20.8 Å². The van der Waals surface area contributed by atoms with Crippen molar-refractivity contribution in [1.82, 2.24) is 10.2 Å². The van der Waals surface area contributed by atoms with E-state index in [1.54, 1.807) is 0 Å². The van der Waals surface area contributed by atoms with E-state index in [0.29, 0.717) is 0 Å². The van der Waals surface area contributed by atoms with Crippen LogP contribution in [0.3, 0.4) is 0 Å². The second kappa shape index (κ2) is 5.73. The van der Waals surface area contributed by atoms with Crippen LogP contribution >= 0.6 is 0 Å². The Kier molecular flexibility index (Phi) is 4.19. The molecule has 2 saturated carbocycles. The first kappa shape index (κ1) is 13.9. The predicted molar refractivity (Wildman–Crippen MR) is 81.3 cm³/mol. The van der Waals surface area contributed by atoms with E-state index in [2.05, 4.69) is 31.0 Å². The molecule has 3 aliphatic rings. The van der Waals surface area contributed by atoms with Crippen molar-refractivity contribution in [2.24, 2.45) is 17.8 Å². The molecule has 2 heteroatoms. The summed E-state index contributed by atoms with van der Waals surface area (Å²) in [6.07, 6.45) is 8.77. The Morgan fingerprint density at radius 3 is 2.53 bits per heavy atom. The molecule has 0 aromatic carbocycles. The van der Waals surface area contributed by atoms with Gasteiger partial charge >= 0.3 is 0 Å². The van der Waals surface area contributed by atoms with E-state index < -0.39 is 0 Å². The van der Waals surface area contributed by atoms with E-state index in [4.69, 9.17) is 0 Å². The van der Waals surface area contributed by atoms with Crippen LogP contribution in [0.5, 0.6) is 0 Å². The fourth-order valence-corrected chi connectivity index (χ4v) is 5.02. The lowest BCUT2D eigenvalue weighted by molar-refractivity contribution is 0.0603. The fraction of sp³-hybridized carbons (Fsp3) is 1.00. The lowest BCUT2D eigenvalue weighted by Crippen LogP contribution is -2.55. The Morgan fingerprint density at radius 2 is 1.95 bits per heavy atom. The summed E-state index contributed by atoms with van der Waals surface area (Å²) in [5.41, 5.74) is 0. The zero-order valence-corrected chi connectivity index (χ0v) is 13.1. The molecule has 110 valence electrons. The van der Waals surface area contributed by atoms with Gasteiger partial charge in [0, 0.05) is 24.7 Å². The van der Waals surface area contributed by atoms with Gasteiger partial charge in [0.05, 0.1) is 0 Å². The third kappa shape index (κ3) is 2.71. The minimum Gasteiger partial charge on any atom is -0.313 e. The number of nitrogens with one attached hydrogen (secondary N) is 1. The number of nitrogens with zero attached hydrogens (tertiary/aromatic N) is 1. The summed E-state index contributed by atoms with van der Waals surface area (Å²) >= 11 is 0. The molecule has 1 heterocycles. The van der Waals surface area contributed by atoms with Gasteiger partial charge in [-0.05, 0) is 62.8 Å². The zero-order chi connectivity index (χ0) is 13.4. The SMILES string of the molecule is CCNC1CCC(C(C)C)CC1N1CC2CCC1C2. The van der Waals surface area contributed by atoms with Crippen LogP contribution in [0, 0.1) is 17.8 Å². The van der Waals surface area contributed by atoms with Crippen LogP contribution in [0.4, 0.5) is 0 Å². The number of fused-ring (bicyclic) bond motifs is 2. The maximum absolute atomic E-state index is 3.79. The van der Waals surface area contributed by atoms with Crippen molar-refractivity contribution in [1.29, 1.82) is 0 Å². The maximum atomic E-state index is 3.79. The molecule has 5 atom stereocenters. The van der Waals surface area contributed by atoms with Gasteiger partial charge in [0.25, 0.3) is 0 Å². The molecule has 0 radical (unpaired) electrons. The number of hydrogen-bond donors (Lipinski definition) is 1. The summed E-state index contributed by atoms with van der Waals surface area (Å²) in [7, 11) is 0. The molecule has 0 aromatic rings. The van der Waals surface area contributed by atoms with Gasteiger partial charge in [-0.15, -0.1) is 0 Å². The monoisotopic (exact) mass is 264 g/mol. The van der Waals surface area contributed by atoms with Crippen LogP contribution in [0.25, 0.3) is 0 Å². The Morgan fingerprint density at radius 1 is 1.11 bits per heavy atom. The molecule has 5 unspecified atom stereocenters.